The summed E-state index contributed by atoms with van der Waals surface area (Å²) in [5.41, 5.74) is 6.48. The van der Waals surface area contributed by atoms with E-state index in [2.05, 4.69) is 10.2 Å². The zero-order chi connectivity index (χ0) is 9.80. The summed E-state index contributed by atoms with van der Waals surface area (Å²) in [7, 11) is 0. The monoisotopic (exact) mass is 189 g/mol. The maximum Gasteiger partial charge on any atom is 0.125 e. The summed E-state index contributed by atoms with van der Waals surface area (Å²) in [5, 5.41) is 6.46. The molecule has 14 heavy (non-hydrogen) atoms. The number of benzene rings is 1. The molecule has 1 aromatic carbocycles. The molecule has 3 N–H and O–H groups in total. The molecule has 2 rings (SSSR count). The van der Waals surface area contributed by atoms with Crippen LogP contribution in [-0.4, -0.2) is 10.2 Å². The van der Waals surface area contributed by atoms with Crippen LogP contribution in [0.1, 0.15) is 5.56 Å². The molecule has 0 atom stereocenters. The summed E-state index contributed by atoms with van der Waals surface area (Å²) in [4.78, 5) is 0. The molecule has 0 bridgehead atoms. The van der Waals surface area contributed by atoms with Crippen LogP contribution in [-0.2, 0) is 6.61 Å². The largest absolute Gasteiger partial charge is 0.489 e. The van der Waals surface area contributed by atoms with Crippen LogP contribution < -0.4 is 10.5 Å². The predicted molar refractivity (Wildman–Crippen MR) is 53.8 cm³/mol. The molecule has 0 saturated heterocycles. The molecule has 0 amide bonds. The van der Waals surface area contributed by atoms with Gasteiger partial charge < -0.3 is 10.5 Å². The van der Waals surface area contributed by atoms with Crippen molar-refractivity contribution in [2.45, 2.75) is 6.61 Å². The second kappa shape index (κ2) is 3.83. The highest BCUT2D eigenvalue weighted by Crippen LogP contribution is 2.13. The summed E-state index contributed by atoms with van der Waals surface area (Å²) in [6, 6.07) is 9.59. The zero-order valence-corrected chi connectivity index (χ0v) is 7.60. The Kier molecular flexibility index (Phi) is 2.36. The number of aromatic amines is 1. The normalized spacial score (nSPS) is 10.0. The summed E-state index contributed by atoms with van der Waals surface area (Å²) >= 11 is 0. The fourth-order valence-electron chi connectivity index (χ4n) is 1.11. The molecule has 0 radical (unpaired) electrons. The van der Waals surface area contributed by atoms with Crippen LogP contribution in [0.3, 0.4) is 0 Å². The van der Waals surface area contributed by atoms with Crippen molar-refractivity contribution in [3.05, 3.63) is 42.1 Å². The molecule has 4 heteroatoms. The van der Waals surface area contributed by atoms with E-state index in [4.69, 9.17) is 10.5 Å². The highest BCUT2D eigenvalue weighted by Gasteiger charge is 2.01. The number of hydrogen-bond donors (Lipinski definition) is 2. The lowest BCUT2D eigenvalue weighted by Crippen LogP contribution is -1.97. The third kappa shape index (κ3) is 1.85. The fourth-order valence-corrected chi connectivity index (χ4v) is 1.11. The molecule has 72 valence electrons. The number of aromatic nitrogens is 2. The van der Waals surface area contributed by atoms with Gasteiger partial charge in [0.1, 0.15) is 18.2 Å². The van der Waals surface area contributed by atoms with Gasteiger partial charge in [-0.1, -0.05) is 18.2 Å². The van der Waals surface area contributed by atoms with Gasteiger partial charge in [-0.3, -0.25) is 5.10 Å². The number of para-hydroxylation sites is 1. The predicted octanol–water partition coefficient (Wildman–Crippen LogP) is 1.57. The Bertz CT molecular complexity index is 397. The van der Waals surface area contributed by atoms with E-state index < -0.39 is 0 Å². The topological polar surface area (TPSA) is 63.9 Å². The van der Waals surface area contributed by atoms with Crippen LogP contribution in [0.5, 0.6) is 5.75 Å². The first kappa shape index (κ1) is 8.62. The first-order chi connectivity index (χ1) is 6.86. The van der Waals surface area contributed by atoms with E-state index in [0.29, 0.717) is 12.4 Å². The second-order valence-electron chi connectivity index (χ2n) is 2.91. The Morgan fingerprint density at radius 3 is 2.71 bits per heavy atom. The Morgan fingerprint density at radius 1 is 1.29 bits per heavy atom. The molecule has 0 aliphatic heterocycles. The van der Waals surface area contributed by atoms with Crippen LogP contribution in [0.4, 0.5) is 5.82 Å². The van der Waals surface area contributed by atoms with Gasteiger partial charge in [-0.25, -0.2) is 0 Å². The minimum absolute atomic E-state index is 0.437. The first-order valence-electron chi connectivity index (χ1n) is 4.32. The van der Waals surface area contributed by atoms with Gasteiger partial charge in [0.05, 0.1) is 11.8 Å². The smallest absolute Gasteiger partial charge is 0.125 e. The van der Waals surface area contributed by atoms with Crippen LogP contribution in [0, 0.1) is 0 Å². The molecular weight excluding hydrogens is 178 g/mol. The summed E-state index contributed by atoms with van der Waals surface area (Å²) in [6.07, 6.45) is 1.66. The van der Waals surface area contributed by atoms with Gasteiger partial charge in [0.15, 0.2) is 0 Å². The summed E-state index contributed by atoms with van der Waals surface area (Å²) in [5.74, 6) is 1.38. The highest BCUT2D eigenvalue weighted by atomic mass is 16.5. The lowest BCUT2D eigenvalue weighted by molar-refractivity contribution is 0.307. The number of ether oxygens (including phenoxy) is 1. The van der Waals surface area contributed by atoms with Gasteiger partial charge in [-0.15, -0.1) is 0 Å². The summed E-state index contributed by atoms with van der Waals surface area (Å²) < 4.78 is 5.49. The van der Waals surface area contributed by atoms with E-state index in [-0.39, 0.29) is 0 Å². The van der Waals surface area contributed by atoms with E-state index >= 15 is 0 Å². The first-order valence-corrected chi connectivity index (χ1v) is 4.32. The third-order valence-corrected chi connectivity index (χ3v) is 1.89. The highest BCUT2D eigenvalue weighted by molar-refractivity contribution is 5.36. The third-order valence-electron chi connectivity index (χ3n) is 1.89. The van der Waals surface area contributed by atoms with Crippen LogP contribution in [0.2, 0.25) is 0 Å². The van der Waals surface area contributed by atoms with Crippen molar-refractivity contribution >= 4 is 5.82 Å². The van der Waals surface area contributed by atoms with Gasteiger partial charge >= 0.3 is 0 Å². The SMILES string of the molecule is Nc1[nH]ncc1COc1ccccc1. The maximum absolute atomic E-state index is 5.61. The van der Waals surface area contributed by atoms with Crippen molar-refractivity contribution in [1.82, 2.24) is 10.2 Å². The minimum Gasteiger partial charge on any atom is -0.489 e. The number of hydrogen-bond acceptors (Lipinski definition) is 3. The van der Waals surface area contributed by atoms with Crippen molar-refractivity contribution in [2.24, 2.45) is 0 Å². The van der Waals surface area contributed by atoms with Gasteiger partial charge in [-0.2, -0.15) is 5.10 Å². The lowest BCUT2D eigenvalue weighted by atomic mass is 10.3. The molecule has 0 spiro atoms. The number of nitrogens with one attached hydrogen (secondary N) is 1. The van der Waals surface area contributed by atoms with Crippen molar-refractivity contribution in [1.29, 1.82) is 0 Å². The molecule has 2 aromatic rings. The Morgan fingerprint density at radius 2 is 2.07 bits per heavy atom. The van der Waals surface area contributed by atoms with Crippen LogP contribution in [0.15, 0.2) is 36.5 Å². The molecule has 4 nitrogen and oxygen atoms in total. The quantitative estimate of drug-likeness (QED) is 0.770. The maximum atomic E-state index is 5.61. The average Bonchev–Trinajstić information content (AvgIpc) is 2.63. The molecule has 0 aliphatic rings. The molecule has 0 saturated carbocycles. The fraction of sp³-hybridized carbons (Fsp3) is 0.100. The van der Waals surface area contributed by atoms with Crippen molar-refractivity contribution < 1.29 is 4.74 Å². The Hall–Kier alpha value is -1.97. The molecule has 0 fully saturated rings. The van der Waals surface area contributed by atoms with E-state index in [1.54, 1.807) is 6.20 Å². The van der Waals surface area contributed by atoms with Gasteiger partial charge in [0.2, 0.25) is 0 Å². The van der Waals surface area contributed by atoms with E-state index in [1.807, 2.05) is 30.3 Å². The van der Waals surface area contributed by atoms with Crippen molar-refractivity contribution in [3.63, 3.8) is 0 Å². The van der Waals surface area contributed by atoms with Crippen LogP contribution >= 0.6 is 0 Å². The van der Waals surface area contributed by atoms with Crippen molar-refractivity contribution in [2.75, 3.05) is 5.73 Å². The second-order valence-corrected chi connectivity index (χ2v) is 2.91. The molecule has 0 unspecified atom stereocenters. The minimum atomic E-state index is 0.437. The number of nitrogens with zero attached hydrogens (tertiary/aromatic N) is 1. The Balaban J connectivity index is 1.99. The van der Waals surface area contributed by atoms with Crippen LogP contribution in [0.25, 0.3) is 0 Å². The number of H-pyrrole nitrogens is 1. The van der Waals surface area contributed by atoms with Gasteiger partial charge in [0, 0.05) is 0 Å². The zero-order valence-electron chi connectivity index (χ0n) is 7.60. The van der Waals surface area contributed by atoms with Gasteiger partial charge in [-0.05, 0) is 12.1 Å². The number of nitrogen functional groups attached to an aromatic ring is 1. The van der Waals surface area contributed by atoms with E-state index in [0.717, 1.165) is 11.3 Å². The van der Waals surface area contributed by atoms with Gasteiger partial charge in [0.25, 0.3) is 0 Å². The van der Waals surface area contributed by atoms with E-state index in [1.165, 1.54) is 0 Å². The molecular formula is C10H11N3O. The molecule has 1 heterocycles. The average molecular weight is 189 g/mol. The van der Waals surface area contributed by atoms with E-state index in [9.17, 15) is 0 Å². The molecule has 1 aromatic heterocycles. The standard InChI is InChI=1S/C10H11N3O/c11-10-8(6-12-13-10)7-14-9-4-2-1-3-5-9/h1-6H,7H2,(H3,11,12,13). The number of anilines is 1. The Labute approximate surface area is 81.7 Å². The number of nitrogens with two attached hydrogens (primary N) is 1. The summed E-state index contributed by atoms with van der Waals surface area (Å²) in [6.45, 7) is 0.437. The molecule has 0 aliphatic carbocycles. The lowest BCUT2D eigenvalue weighted by Gasteiger charge is -2.03. The number of rotatable bonds is 3. The van der Waals surface area contributed by atoms with Crippen molar-refractivity contribution in [3.8, 4) is 5.75 Å².